The molecule has 5 nitrogen and oxygen atoms in total. The van der Waals surface area contributed by atoms with Crippen molar-refractivity contribution in [3.8, 4) is 11.3 Å². The van der Waals surface area contributed by atoms with E-state index in [-0.39, 0.29) is 5.91 Å². The van der Waals surface area contributed by atoms with Crippen molar-refractivity contribution >= 4 is 12.1 Å². The number of amides is 1. The monoisotopic (exact) mass is 304 g/mol. The van der Waals surface area contributed by atoms with Gasteiger partial charge in [0.05, 0.1) is 11.9 Å². The Kier molecular flexibility index (Phi) is 4.29. The van der Waals surface area contributed by atoms with Crippen molar-refractivity contribution in [1.29, 1.82) is 0 Å². The Morgan fingerprint density at radius 2 is 1.87 bits per heavy atom. The molecule has 114 valence electrons. The van der Waals surface area contributed by atoms with E-state index in [4.69, 9.17) is 0 Å². The summed E-state index contributed by atoms with van der Waals surface area (Å²) in [7, 11) is 0. The van der Waals surface area contributed by atoms with Crippen molar-refractivity contribution in [3.63, 3.8) is 0 Å². The molecule has 0 saturated carbocycles. The van der Waals surface area contributed by atoms with Crippen LogP contribution in [0.5, 0.6) is 0 Å². The van der Waals surface area contributed by atoms with Gasteiger partial charge in [-0.1, -0.05) is 60.2 Å². The van der Waals surface area contributed by atoms with Gasteiger partial charge in [-0.3, -0.25) is 9.89 Å². The summed E-state index contributed by atoms with van der Waals surface area (Å²) in [5.41, 5.74) is 6.62. The van der Waals surface area contributed by atoms with Crippen LogP contribution in [0.2, 0.25) is 0 Å². The van der Waals surface area contributed by atoms with Crippen molar-refractivity contribution in [3.05, 3.63) is 77.5 Å². The van der Waals surface area contributed by atoms with Crippen LogP contribution < -0.4 is 5.43 Å². The third-order valence-corrected chi connectivity index (χ3v) is 3.35. The number of nitrogens with zero attached hydrogens (tertiary/aromatic N) is 2. The number of aryl methyl sites for hydroxylation is 1. The average molecular weight is 304 g/mol. The Labute approximate surface area is 134 Å². The Balaban J connectivity index is 1.65. The minimum absolute atomic E-state index is 0.331. The number of hydrogen-bond acceptors (Lipinski definition) is 3. The minimum atomic E-state index is -0.331. The number of hydrogen-bond donors (Lipinski definition) is 2. The predicted octanol–water partition coefficient (Wildman–Crippen LogP) is 3.15. The standard InChI is InChI=1S/C18H16N4O/c1-13-7-9-14(10-8-13)12-19-22-18(23)17-11-16(20-21-17)15-5-3-2-4-6-15/h2-12H,1H3,(H,20,21)(H,22,23)/b19-12-. The van der Waals surface area contributed by atoms with Gasteiger partial charge in [0.25, 0.3) is 5.91 Å². The lowest BCUT2D eigenvalue weighted by Crippen LogP contribution is -2.17. The van der Waals surface area contributed by atoms with Gasteiger partial charge in [-0.25, -0.2) is 5.43 Å². The normalized spacial score (nSPS) is 10.8. The summed E-state index contributed by atoms with van der Waals surface area (Å²) in [6.45, 7) is 2.02. The zero-order chi connectivity index (χ0) is 16.1. The summed E-state index contributed by atoms with van der Waals surface area (Å²) in [5, 5.41) is 10.8. The first-order valence-corrected chi connectivity index (χ1v) is 7.23. The number of nitrogens with one attached hydrogen (secondary N) is 2. The number of hydrazone groups is 1. The van der Waals surface area contributed by atoms with E-state index < -0.39 is 0 Å². The van der Waals surface area contributed by atoms with E-state index in [0.29, 0.717) is 5.69 Å². The van der Waals surface area contributed by atoms with Gasteiger partial charge in [0.2, 0.25) is 0 Å². The maximum atomic E-state index is 12.0. The molecule has 0 spiro atoms. The second-order valence-electron chi connectivity index (χ2n) is 5.14. The lowest BCUT2D eigenvalue weighted by atomic mass is 10.1. The van der Waals surface area contributed by atoms with Crippen LogP contribution in [0.15, 0.2) is 65.8 Å². The maximum Gasteiger partial charge on any atom is 0.289 e. The van der Waals surface area contributed by atoms with E-state index in [1.807, 2.05) is 61.5 Å². The summed E-state index contributed by atoms with van der Waals surface area (Å²) >= 11 is 0. The molecule has 23 heavy (non-hydrogen) atoms. The molecule has 2 N–H and O–H groups in total. The molecule has 0 aliphatic rings. The number of aromatic amines is 1. The molecule has 3 aromatic rings. The van der Waals surface area contributed by atoms with Gasteiger partial charge in [-0.2, -0.15) is 10.2 Å². The number of rotatable bonds is 4. The molecule has 0 fully saturated rings. The zero-order valence-electron chi connectivity index (χ0n) is 12.7. The number of H-pyrrole nitrogens is 1. The summed E-state index contributed by atoms with van der Waals surface area (Å²) in [4.78, 5) is 12.0. The number of aromatic nitrogens is 2. The SMILES string of the molecule is Cc1ccc(/C=N\NC(=O)c2cc(-c3ccccc3)n[nH]2)cc1. The minimum Gasteiger partial charge on any atom is -0.272 e. The van der Waals surface area contributed by atoms with Gasteiger partial charge in [0.1, 0.15) is 5.69 Å². The molecule has 3 rings (SSSR count). The highest BCUT2D eigenvalue weighted by Crippen LogP contribution is 2.16. The highest BCUT2D eigenvalue weighted by Gasteiger charge is 2.09. The first kappa shape index (κ1) is 14.7. The van der Waals surface area contributed by atoms with Gasteiger partial charge in [-0.15, -0.1) is 0 Å². The molecule has 0 saturated heterocycles. The average Bonchev–Trinajstić information content (AvgIpc) is 3.07. The largest absolute Gasteiger partial charge is 0.289 e. The quantitative estimate of drug-likeness (QED) is 0.574. The van der Waals surface area contributed by atoms with Crippen LogP contribution in [-0.4, -0.2) is 22.3 Å². The molecule has 1 heterocycles. The molecule has 0 atom stereocenters. The van der Waals surface area contributed by atoms with Crippen molar-refractivity contribution in [2.45, 2.75) is 6.92 Å². The molecule has 0 aliphatic carbocycles. The first-order valence-electron chi connectivity index (χ1n) is 7.23. The van der Waals surface area contributed by atoms with Crippen molar-refractivity contribution in [2.75, 3.05) is 0 Å². The van der Waals surface area contributed by atoms with Crippen LogP contribution in [0.4, 0.5) is 0 Å². The highest BCUT2D eigenvalue weighted by molar-refractivity contribution is 5.94. The first-order chi connectivity index (χ1) is 11.2. The molecule has 0 bridgehead atoms. The van der Waals surface area contributed by atoms with Crippen LogP contribution in [0.1, 0.15) is 21.6 Å². The van der Waals surface area contributed by atoms with E-state index in [1.165, 1.54) is 5.56 Å². The van der Waals surface area contributed by atoms with Gasteiger partial charge < -0.3 is 0 Å². The number of carbonyl (C=O) groups is 1. The Morgan fingerprint density at radius 3 is 2.61 bits per heavy atom. The molecule has 5 heteroatoms. The summed E-state index contributed by atoms with van der Waals surface area (Å²) in [6, 6.07) is 19.2. The third-order valence-electron chi connectivity index (χ3n) is 3.35. The maximum absolute atomic E-state index is 12.0. The molecule has 0 unspecified atom stereocenters. The lowest BCUT2D eigenvalue weighted by molar-refractivity contribution is 0.0950. The fourth-order valence-corrected chi connectivity index (χ4v) is 2.07. The Bertz CT molecular complexity index is 820. The van der Waals surface area contributed by atoms with E-state index >= 15 is 0 Å². The fourth-order valence-electron chi connectivity index (χ4n) is 2.07. The summed E-state index contributed by atoms with van der Waals surface area (Å²) in [6.07, 6.45) is 1.60. The topological polar surface area (TPSA) is 70.1 Å². The number of benzene rings is 2. The smallest absolute Gasteiger partial charge is 0.272 e. The Hall–Kier alpha value is -3.21. The van der Waals surface area contributed by atoms with Crippen molar-refractivity contribution < 1.29 is 4.79 Å². The molecule has 2 aromatic carbocycles. The van der Waals surface area contributed by atoms with Gasteiger partial charge in [-0.05, 0) is 18.6 Å². The van der Waals surface area contributed by atoms with Crippen LogP contribution in [0, 0.1) is 6.92 Å². The molecular formula is C18H16N4O. The van der Waals surface area contributed by atoms with Gasteiger partial charge in [0, 0.05) is 5.56 Å². The van der Waals surface area contributed by atoms with Crippen LogP contribution >= 0.6 is 0 Å². The van der Waals surface area contributed by atoms with Crippen molar-refractivity contribution in [2.24, 2.45) is 5.10 Å². The zero-order valence-corrected chi connectivity index (χ0v) is 12.7. The molecule has 1 aromatic heterocycles. The predicted molar refractivity (Wildman–Crippen MR) is 90.3 cm³/mol. The number of carbonyl (C=O) groups excluding carboxylic acids is 1. The third kappa shape index (κ3) is 3.71. The molecular weight excluding hydrogens is 288 g/mol. The lowest BCUT2D eigenvalue weighted by Gasteiger charge is -1.96. The second-order valence-corrected chi connectivity index (χ2v) is 5.14. The van der Waals surface area contributed by atoms with Gasteiger partial charge >= 0.3 is 0 Å². The fraction of sp³-hybridized carbons (Fsp3) is 0.0556. The van der Waals surface area contributed by atoms with E-state index in [1.54, 1.807) is 12.3 Å². The second kappa shape index (κ2) is 6.70. The highest BCUT2D eigenvalue weighted by atomic mass is 16.2. The molecule has 0 radical (unpaired) electrons. The summed E-state index contributed by atoms with van der Waals surface area (Å²) in [5.74, 6) is -0.331. The van der Waals surface area contributed by atoms with Crippen LogP contribution in [0.3, 0.4) is 0 Å². The Morgan fingerprint density at radius 1 is 1.13 bits per heavy atom. The molecule has 1 amide bonds. The van der Waals surface area contributed by atoms with E-state index in [9.17, 15) is 4.79 Å². The van der Waals surface area contributed by atoms with Crippen LogP contribution in [0.25, 0.3) is 11.3 Å². The summed E-state index contributed by atoms with van der Waals surface area (Å²) < 4.78 is 0. The van der Waals surface area contributed by atoms with Crippen molar-refractivity contribution in [1.82, 2.24) is 15.6 Å². The molecule has 0 aliphatic heterocycles. The van der Waals surface area contributed by atoms with Crippen LogP contribution in [-0.2, 0) is 0 Å². The van der Waals surface area contributed by atoms with E-state index in [0.717, 1.165) is 16.8 Å². The van der Waals surface area contributed by atoms with Gasteiger partial charge in [0.15, 0.2) is 0 Å². The van der Waals surface area contributed by atoms with E-state index in [2.05, 4.69) is 20.7 Å².